The second kappa shape index (κ2) is 31.2. The van der Waals surface area contributed by atoms with Gasteiger partial charge in [-0.2, -0.15) is 0 Å². The standard InChI is InChI=1S/C74H60N6O2.C32H34BN/c1-73(2,3)55-37-43-63-65(47-55)67(51-21-19-23-53(45-51)71-77-75-69(81-71)49-33-39-61(40-34-49)79(57-25-11-7-12-26-57)58-27-13-8-14-28-58)64-44-38-56(74(4,5)6)48-66(64)68(63)52-22-20-24-54(46-52)72-78-76-70(82-72)50-35-41-62(42-36-50)80(59-29-15-9-16-30-59)60-31-17-10-18-32-60;1-8-34-29-12-10-9-11-27(29)28-19-26(13-14-30(28)34)33(31-22(4)15-20(2)16-23(31)5)32-24(6)17-21(3)18-25(32)7/h7-48H,1-6H3;9-19H,8H2,1-7H3. The molecule has 0 radical (unpaired) electrons. The van der Waals surface area contributed by atoms with Crippen LogP contribution in [0.15, 0.2) is 330 Å². The molecule has 116 heavy (non-hydrogen) atoms. The molecule has 0 N–H and O–H groups in total. The number of fused-ring (bicyclic) bond motifs is 5. The summed E-state index contributed by atoms with van der Waals surface area (Å²) in [6, 6.07) is 115. The number of rotatable bonds is 16. The van der Waals surface area contributed by atoms with E-state index in [1.807, 2.05) is 60.7 Å². The average molecular weight is 1510 g/mol. The third-order valence-corrected chi connectivity index (χ3v) is 22.8. The second-order valence-corrected chi connectivity index (χ2v) is 33.0. The van der Waals surface area contributed by atoms with Crippen LogP contribution in [0.25, 0.3) is 111 Å². The lowest BCUT2D eigenvalue weighted by atomic mass is 9.34. The molecular weight excluding hydrogens is 1410 g/mol. The molecule has 0 amide bonds. The van der Waals surface area contributed by atoms with Crippen LogP contribution in [0, 0.1) is 41.5 Å². The molecule has 0 atom stereocenters. The van der Waals surface area contributed by atoms with Gasteiger partial charge in [0.15, 0.2) is 0 Å². The van der Waals surface area contributed by atoms with Crippen LogP contribution in [-0.4, -0.2) is 31.7 Å². The third kappa shape index (κ3) is 14.7. The maximum Gasteiger partial charge on any atom is 0.248 e. The van der Waals surface area contributed by atoms with Crippen LogP contribution in [0.3, 0.4) is 0 Å². The Balaban J connectivity index is 0.000000237. The molecule has 0 aliphatic carbocycles. The van der Waals surface area contributed by atoms with Crippen molar-refractivity contribution in [1.82, 2.24) is 25.0 Å². The Kier molecular flexibility index (Phi) is 20.2. The van der Waals surface area contributed by atoms with Crippen LogP contribution in [0.5, 0.6) is 0 Å². The zero-order valence-corrected chi connectivity index (χ0v) is 68.3. The SMILES string of the molecule is CC(C)(C)c1ccc2c(-c3cccc(-c4nnc(-c5ccc(N(c6ccccc6)c6ccccc6)cc5)o4)c3)c3cc(C(C)(C)C)ccc3c(-c3cccc(-c4nnc(-c5ccc(N(c6ccccc6)c6ccccc6)cc5)o4)c3)c2c1.CCn1c2ccccc2c2cc(B(c3c(C)cc(C)cc3C)c3c(C)cc(C)cc3C)ccc21. The van der Waals surface area contributed by atoms with Crippen LogP contribution in [0.2, 0.25) is 0 Å². The quantitative estimate of drug-likeness (QED) is 0.0698. The summed E-state index contributed by atoms with van der Waals surface area (Å²) in [6.07, 6.45) is 0. The number of aromatic nitrogens is 5. The van der Waals surface area contributed by atoms with E-state index in [-0.39, 0.29) is 17.5 Å². The molecule has 0 fully saturated rings. The Morgan fingerprint density at radius 2 is 0.638 bits per heavy atom. The number of benzene rings is 15. The first-order valence-electron chi connectivity index (χ1n) is 40.3. The van der Waals surface area contributed by atoms with E-state index in [0.717, 1.165) is 107 Å². The van der Waals surface area contributed by atoms with Gasteiger partial charge in [-0.25, -0.2) is 0 Å². The fourth-order valence-electron chi connectivity index (χ4n) is 17.4. The zero-order chi connectivity index (χ0) is 80.1. The second-order valence-electron chi connectivity index (χ2n) is 33.0. The highest BCUT2D eigenvalue weighted by molar-refractivity contribution is 6.96. The zero-order valence-electron chi connectivity index (χ0n) is 68.3. The van der Waals surface area contributed by atoms with Crippen molar-refractivity contribution in [3.63, 3.8) is 0 Å². The topological polar surface area (TPSA) is 89.2 Å². The summed E-state index contributed by atoms with van der Waals surface area (Å²) >= 11 is 0. The number of anilines is 6. The fraction of sp³-hybridized carbons (Fsp3) is 0.151. The van der Waals surface area contributed by atoms with E-state index in [1.54, 1.807) is 0 Å². The summed E-state index contributed by atoms with van der Waals surface area (Å²) in [5.74, 6) is 1.79. The first-order chi connectivity index (χ1) is 56.2. The van der Waals surface area contributed by atoms with E-state index >= 15 is 0 Å². The summed E-state index contributed by atoms with van der Waals surface area (Å²) in [6.45, 7) is 30.6. The molecule has 15 aromatic carbocycles. The van der Waals surface area contributed by atoms with Crippen molar-refractivity contribution in [3.05, 3.63) is 366 Å². The number of nitrogens with zero attached hydrogens (tertiary/aromatic N) is 7. The minimum atomic E-state index is -0.114. The van der Waals surface area contributed by atoms with Gasteiger partial charge in [0.25, 0.3) is 0 Å². The average Bonchev–Trinajstić information content (AvgIpc) is 1.28. The number of aryl methyl sites for hydroxylation is 7. The van der Waals surface area contributed by atoms with E-state index in [0.29, 0.717) is 23.6 Å². The van der Waals surface area contributed by atoms with Gasteiger partial charge in [0, 0.05) is 84.7 Å². The van der Waals surface area contributed by atoms with Gasteiger partial charge in [0.05, 0.1) is 0 Å². The van der Waals surface area contributed by atoms with Gasteiger partial charge in [0.1, 0.15) is 0 Å². The van der Waals surface area contributed by atoms with Gasteiger partial charge in [-0.1, -0.05) is 267 Å². The van der Waals surface area contributed by atoms with E-state index in [1.165, 1.54) is 82.7 Å². The Bertz CT molecular complexity index is 6180. The van der Waals surface area contributed by atoms with Gasteiger partial charge in [-0.15, -0.1) is 20.4 Å². The van der Waals surface area contributed by atoms with Crippen molar-refractivity contribution in [2.75, 3.05) is 9.80 Å². The highest BCUT2D eigenvalue weighted by Gasteiger charge is 2.31. The molecule has 568 valence electrons. The van der Waals surface area contributed by atoms with Crippen molar-refractivity contribution in [1.29, 1.82) is 0 Å². The lowest BCUT2D eigenvalue weighted by Gasteiger charge is -2.25. The first kappa shape index (κ1) is 75.3. The molecule has 0 spiro atoms. The van der Waals surface area contributed by atoms with Crippen molar-refractivity contribution in [2.24, 2.45) is 0 Å². The number of para-hydroxylation sites is 5. The smallest absolute Gasteiger partial charge is 0.248 e. The molecular formula is C106H94BN7O2. The lowest BCUT2D eigenvalue weighted by Crippen LogP contribution is -2.55. The first-order valence-corrected chi connectivity index (χ1v) is 40.3. The summed E-state index contributed by atoms with van der Waals surface area (Å²) in [7, 11) is 0. The monoisotopic (exact) mass is 1510 g/mol. The Labute approximate surface area is 681 Å². The van der Waals surface area contributed by atoms with Crippen molar-refractivity contribution in [3.8, 4) is 68.1 Å². The molecule has 0 saturated heterocycles. The highest BCUT2D eigenvalue weighted by atomic mass is 16.4. The molecule has 18 rings (SSSR count). The molecule has 3 aromatic heterocycles. The van der Waals surface area contributed by atoms with Crippen molar-refractivity contribution in [2.45, 2.75) is 107 Å². The Hall–Kier alpha value is -13.4. The van der Waals surface area contributed by atoms with Gasteiger partial charge >= 0.3 is 0 Å². The fourth-order valence-corrected chi connectivity index (χ4v) is 17.4. The molecule has 9 nitrogen and oxygen atoms in total. The lowest BCUT2D eigenvalue weighted by molar-refractivity contribution is 0.584. The predicted octanol–water partition coefficient (Wildman–Crippen LogP) is 26.5. The van der Waals surface area contributed by atoms with Gasteiger partial charge in [-0.3, -0.25) is 0 Å². The number of hydrogen-bond donors (Lipinski definition) is 0. The van der Waals surface area contributed by atoms with Crippen molar-refractivity contribution >= 4 is 101 Å². The molecule has 10 heteroatoms. The Morgan fingerprint density at radius 3 is 1.02 bits per heavy atom. The van der Waals surface area contributed by atoms with Gasteiger partial charge in [-0.05, 0) is 260 Å². The molecule has 0 saturated carbocycles. The summed E-state index contributed by atoms with van der Waals surface area (Å²) in [5, 5.41) is 25.8. The molecule has 0 aliphatic rings. The summed E-state index contributed by atoms with van der Waals surface area (Å²) < 4.78 is 15.5. The molecule has 0 unspecified atom stereocenters. The van der Waals surface area contributed by atoms with E-state index in [9.17, 15) is 0 Å². The highest BCUT2D eigenvalue weighted by Crippen LogP contribution is 2.48. The van der Waals surface area contributed by atoms with E-state index in [4.69, 9.17) is 8.83 Å². The van der Waals surface area contributed by atoms with Crippen molar-refractivity contribution < 1.29 is 8.83 Å². The van der Waals surface area contributed by atoms with E-state index in [2.05, 4.69) is 386 Å². The van der Waals surface area contributed by atoms with Crippen LogP contribution in [0.1, 0.15) is 93.0 Å². The normalized spacial score (nSPS) is 11.7. The largest absolute Gasteiger partial charge is 0.416 e. The predicted molar refractivity (Wildman–Crippen MR) is 488 cm³/mol. The summed E-state index contributed by atoms with van der Waals surface area (Å²) in [5.41, 5.74) is 31.3. The molecule has 0 aliphatic heterocycles. The van der Waals surface area contributed by atoms with Gasteiger partial charge in [0.2, 0.25) is 30.3 Å². The molecule has 3 heterocycles. The summed E-state index contributed by atoms with van der Waals surface area (Å²) in [4.78, 5) is 4.47. The Morgan fingerprint density at radius 1 is 0.293 bits per heavy atom. The maximum atomic E-state index is 6.55. The minimum absolute atomic E-state index is 0.114. The molecule has 0 bridgehead atoms. The van der Waals surface area contributed by atoms with Gasteiger partial charge < -0.3 is 23.2 Å². The van der Waals surface area contributed by atoms with Crippen LogP contribution >= 0.6 is 0 Å². The van der Waals surface area contributed by atoms with Crippen LogP contribution in [0.4, 0.5) is 34.1 Å². The minimum Gasteiger partial charge on any atom is -0.416 e. The van der Waals surface area contributed by atoms with Crippen LogP contribution < -0.4 is 26.2 Å². The third-order valence-electron chi connectivity index (χ3n) is 22.8. The maximum absolute atomic E-state index is 6.55. The van der Waals surface area contributed by atoms with E-state index < -0.39 is 0 Å². The van der Waals surface area contributed by atoms with Crippen LogP contribution in [-0.2, 0) is 17.4 Å². The number of hydrogen-bond acceptors (Lipinski definition) is 8. The molecule has 18 aromatic rings.